The zero-order chi connectivity index (χ0) is 24.2. The van der Waals surface area contributed by atoms with Gasteiger partial charge >= 0.3 is 11.9 Å². The molecule has 6 heteroatoms. The van der Waals surface area contributed by atoms with Crippen LogP contribution in [0.5, 0.6) is 0 Å². The maximum atomic E-state index is 13.5. The highest BCUT2D eigenvalue weighted by atomic mass is 16.6. The van der Waals surface area contributed by atoms with Crippen LogP contribution in [0.2, 0.25) is 0 Å². The molecule has 6 nitrogen and oxygen atoms in total. The molecule has 1 unspecified atom stereocenters. The third-order valence-electron chi connectivity index (χ3n) is 7.67. The smallest absolute Gasteiger partial charge is 0.346 e. The second-order valence-electron chi connectivity index (χ2n) is 9.55. The average molecular weight is 461 g/mol. The Kier molecular flexibility index (Phi) is 3.81. The summed E-state index contributed by atoms with van der Waals surface area (Å²) in [4.78, 5) is 53.2. The Morgan fingerprint density at radius 2 is 1.03 bits per heavy atom. The van der Waals surface area contributed by atoms with Gasteiger partial charge in [-0.05, 0) is 62.5 Å². The van der Waals surface area contributed by atoms with Crippen molar-refractivity contribution in [3.63, 3.8) is 0 Å². The summed E-state index contributed by atoms with van der Waals surface area (Å²) in [5, 5.41) is 6.40. The van der Waals surface area contributed by atoms with E-state index in [1.165, 1.54) is 4.90 Å². The van der Waals surface area contributed by atoms with Gasteiger partial charge in [-0.2, -0.15) is 0 Å². The summed E-state index contributed by atoms with van der Waals surface area (Å²) in [5.74, 6) is -1.63. The zero-order valence-corrected chi connectivity index (χ0v) is 19.1. The number of hydrogen-bond acceptors (Lipinski definition) is 5. The number of cyclic esters (lactones) is 2. The number of amides is 2. The highest BCUT2D eigenvalue weighted by Crippen LogP contribution is 2.45. The second-order valence-corrected chi connectivity index (χ2v) is 9.55. The topological polar surface area (TPSA) is 80.8 Å². The van der Waals surface area contributed by atoms with Gasteiger partial charge in [-0.3, -0.25) is 14.5 Å². The van der Waals surface area contributed by atoms with Gasteiger partial charge in [0.1, 0.15) is 0 Å². The molecular weight excluding hydrogens is 442 g/mol. The standard InChI is InChI=1S/C29H19NO5/c1-3-13(2)12-30-26(31)18-8-4-14-16-6-10-20-25-21(29(34)35-28(20)33)11-7-17(23(16)25)15-5-9-19(27(30)32)24(18)22(14)15/h4-11,13H,3,12H2,1-2H3. The minimum atomic E-state index is -0.653. The first kappa shape index (κ1) is 20.1. The highest BCUT2D eigenvalue weighted by molar-refractivity contribution is 6.40. The van der Waals surface area contributed by atoms with Crippen molar-refractivity contribution in [3.05, 3.63) is 70.8 Å². The number of nitrogens with zero attached hydrogens (tertiary/aromatic N) is 1. The van der Waals surface area contributed by atoms with Gasteiger partial charge in [-0.1, -0.05) is 44.5 Å². The van der Waals surface area contributed by atoms with E-state index in [9.17, 15) is 19.2 Å². The molecule has 5 aromatic carbocycles. The van der Waals surface area contributed by atoms with Gasteiger partial charge in [0.25, 0.3) is 11.8 Å². The molecule has 0 N–H and O–H groups in total. The molecule has 2 aliphatic rings. The highest BCUT2D eigenvalue weighted by Gasteiger charge is 2.35. The van der Waals surface area contributed by atoms with E-state index >= 15 is 0 Å². The summed E-state index contributed by atoms with van der Waals surface area (Å²) >= 11 is 0. The largest absolute Gasteiger partial charge is 0.386 e. The number of benzene rings is 5. The van der Waals surface area contributed by atoms with Crippen molar-refractivity contribution in [2.24, 2.45) is 5.92 Å². The van der Waals surface area contributed by atoms with Gasteiger partial charge in [-0.15, -0.1) is 0 Å². The number of ether oxygens (including phenoxy) is 1. The fourth-order valence-corrected chi connectivity index (χ4v) is 5.77. The van der Waals surface area contributed by atoms with E-state index in [-0.39, 0.29) is 17.7 Å². The average Bonchev–Trinajstić information content (AvgIpc) is 2.87. The van der Waals surface area contributed by atoms with E-state index < -0.39 is 11.9 Å². The van der Waals surface area contributed by atoms with Crippen LogP contribution in [0.3, 0.4) is 0 Å². The normalized spacial score (nSPS) is 16.2. The van der Waals surface area contributed by atoms with E-state index in [4.69, 9.17) is 4.74 Å². The Balaban J connectivity index is 1.62. The lowest BCUT2D eigenvalue weighted by Gasteiger charge is -2.30. The van der Waals surface area contributed by atoms with Gasteiger partial charge in [0.15, 0.2) is 0 Å². The van der Waals surface area contributed by atoms with E-state index in [2.05, 4.69) is 0 Å². The van der Waals surface area contributed by atoms with Crippen molar-refractivity contribution in [1.29, 1.82) is 0 Å². The van der Waals surface area contributed by atoms with Crippen molar-refractivity contribution in [2.45, 2.75) is 20.3 Å². The fraction of sp³-hybridized carbons (Fsp3) is 0.172. The molecule has 7 rings (SSSR count). The third-order valence-corrected chi connectivity index (χ3v) is 7.67. The molecule has 0 spiro atoms. The zero-order valence-electron chi connectivity index (χ0n) is 19.1. The van der Waals surface area contributed by atoms with Crippen LogP contribution in [0.25, 0.3) is 43.1 Å². The number of fused-ring (bicyclic) bond motifs is 2. The quantitative estimate of drug-likeness (QED) is 0.113. The monoisotopic (exact) mass is 461 g/mol. The molecule has 5 aromatic rings. The lowest BCUT2D eigenvalue weighted by Crippen LogP contribution is -2.42. The molecule has 2 amide bonds. The van der Waals surface area contributed by atoms with Crippen LogP contribution in [-0.2, 0) is 4.74 Å². The Bertz CT molecular complexity index is 1710. The second kappa shape index (κ2) is 6.63. The summed E-state index contributed by atoms with van der Waals surface area (Å²) in [6.45, 7) is 4.46. The molecule has 0 bridgehead atoms. The fourth-order valence-electron chi connectivity index (χ4n) is 5.77. The Labute approximate surface area is 199 Å². The molecule has 170 valence electrons. The maximum absolute atomic E-state index is 13.5. The molecule has 0 radical (unpaired) electrons. The van der Waals surface area contributed by atoms with Crippen molar-refractivity contribution >= 4 is 66.8 Å². The van der Waals surface area contributed by atoms with Gasteiger partial charge in [0, 0.05) is 28.4 Å². The van der Waals surface area contributed by atoms with Gasteiger partial charge in [-0.25, -0.2) is 9.59 Å². The van der Waals surface area contributed by atoms with Crippen LogP contribution < -0.4 is 0 Å². The van der Waals surface area contributed by atoms with Crippen molar-refractivity contribution in [1.82, 2.24) is 4.90 Å². The summed E-state index contributed by atoms with van der Waals surface area (Å²) in [6, 6.07) is 14.5. The van der Waals surface area contributed by atoms with Crippen LogP contribution >= 0.6 is 0 Å². The van der Waals surface area contributed by atoms with E-state index in [0.717, 1.165) is 38.7 Å². The molecule has 0 saturated carbocycles. The Morgan fingerprint density at radius 3 is 1.46 bits per heavy atom. The number of esters is 2. The van der Waals surface area contributed by atoms with Crippen molar-refractivity contribution in [3.8, 4) is 0 Å². The maximum Gasteiger partial charge on any atom is 0.346 e. The first-order chi connectivity index (χ1) is 16.9. The minimum Gasteiger partial charge on any atom is -0.386 e. The summed E-state index contributed by atoms with van der Waals surface area (Å²) in [5.41, 5.74) is 1.77. The lowest BCUT2D eigenvalue weighted by molar-refractivity contribution is 0.0390. The molecule has 0 aromatic heterocycles. The molecule has 35 heavy (non-hydrogen) atoms. The third kappa shape index (κ3) is 2.38. The van der Waals surface area contributed by atoms with Crippen molar-refractivity contribution in [2.75, 3.05) is 6.54 Å². The molecule has 0 saturated heterocycles. The van der Waals surface area contributed by atoms with Crippen LogP contribution in [0.4, 0.5) is 0 Å². The summed E-state index contributed by atoms with van der Waals surface area (Å²) < 4.78 is 4.93. The number of carbonyl (C=O) groups is 4. The molecule has 0 fully saturated rings. The van der Waals surface area contributed by atoms with Crippen LogP contribution in [-0.4, -0.2) is 35.2 Å². The Morgan fingerprint density at radius 1 is 0.629 bits per heavy atom. The Hall–Kier alpha value is -4.32. The number of carbonyl (C=O) groups excluding carboxylic acids is 4. The minimum absolute atomic E-state index is 0.207. The number of rotatable bonds is 3. The summed E-state index contributed by atoms with van der Waals surface area (Å²) in [7, 11) is 0. The van der Waals surface area contributed by atoms with E-state index in [1.807, 2.05) is 38.1 Å². The molecule has 2 heterocycles. The molecule has 0 aliphatic carbocycles. The van der Waals surface area contributed by atoms with Gasteiger partial charge in [0.05, 0.1) is 11.1 Å². The van der Waals surface area contributed by atoms with E-state index in [0.29, 0.717) is 39.6 Å². The molecule has 1 atom stereocenters. The first-order valence-corrected chi connectivity index (χ1v) is 11.7. The van der Waals surface area contributed by atoms with E-state index in [1.54, 1.807) is 24.3 Å². The number of imide groups is 1. The predicted molar refractivity (Wildman–Crippen MR) is 132 cm³/mol. The van der Waals surface area contributed by atoms with Crippen LogP contribution in [0, 0.1) is 5.92 Å². The molecule has 2 aliphatic heterocycles. The van der Waals surface area contributed by atoms with Crippen LogP contribution in [0.1, 0.15) is 61.7 Å². The van der Waals surface area contributed by atoms with Gasteiger partial charge in [0.2, 0.25) is 0 Å². The first-order valence-electron chi connectivity index (χ1n) is 11.7. The van der Waals surface area contributed by atoms with Crippen molar-refractivity contribution < 1.29 is 23.9 Å². The number of hydrogen-bond donors (Lipinski definition) is 0. The SMILES string of the molecule is CCC(C)CN1C(=O)c2ccc3c4ccc5c6c(ccc(c7ccc(c2c37)C1=O)c64)C(=O)OC5=O. The van der Waals surface area contributed by atoms with Gasteiger partial charge < -0.3 is 4.74 Å². The lowest BCUT2D eigenvalue weighted by atomic mass is 9.83. The summed E-state index contributed by atoms with van der Waals surface area (Å²) in [6.07, 6.45) is 0.873. The van der Waals surface area contributed by atoms with Crippen LogP contribution in [0.15, 0.2) is 48.5 Å². The molecular formula is C29H19NO5. The predicted octanol–water partition coefficient (Wildman–Crippen LogP) is 5.69.